The number of esters is 1. The molecule has 0 aliphatic carbocycles. The quantitative estimate of drug-likeness (QED) is 0.483. The highest BCUT2D eigenvalue weighted by atomic mass is 79.9. The lowest BCUT2D eigenvalue weighted by Crippen LogP contribution is -2.07. The molecule has 0 radical (unpaired) electrons. The molecule has 3 aromatic rings. The van der Waals surface area contributed by atoms with Gasteiger partial charge in [-0.15, -0.1) is 11.8 Å². The van der Waals surface area contributed by atoms with E-state index in [1.807, 2.05) is 24.3 Å². The van der Waals surface area contributed by atoms with Crippen LogP contribution in [0.15, 0.2) is 38.1 Å². The number of benzene rings is 1. The molecule has 3 rings (SSSR count). The van der Waals surface area contributed by atoms with E-state index in [2.05, 4.69) is 25.9 Å². The van der Waals surface area contributed by atoms with Crippen molar-refractivity contribution in [3.8, 4) is 0 Å². The number of carbonyl (C=O) groups excluding carboxylic acids is 1. The van der Waals surface area contributed by atoms with Crippen LogP contribution < -0.4 is 5.73 Å². The number of carbonyl (C=O) groups is 1. The van der Waals surface area contributed by atoms with Crippen LogP contribution in [0.25, 0.3) is 11.1 Å². The van der Waals surface area contributed by atoms with E-state index >= 15 is 0 Å². The van der Waals surface area contributed by atoms with Crippen LogP contribution in [0.1, 0.15) is 28.9 Å². The van der Waals surface area contributed by atoms with Crippen molar-refractivity contribution >= 4 is 50.6 Å². The Morgan fingerprint density at radius 2 is 2.12 bits per heavy atom. The predicted octanol–water partition coefficient (Wildman–Crippen LogP) is 4.34. The Kier molecular flexibility index (Phi) is 5.29. The molecule has 2 aromatic heterocycles. The second-order valence-corrected chi connectivity index (χ2v) is 7.05. The average Bonchev–Trinajstić information content (AvgIpc) is 2.91. The summed E-state index contributed by atoms with van der Waals surface area (Å²) in [6, 6.07) is 7.90. The van der Waals surface area contributed by atoms with Gasteiger partial charge in [-0.2, -0.15) is 4.98 Å². The number of aromatic nitrogens is 2. The number of nitrogens with zero attached hydrogens (tertiary/aromatic N) is 2. The highest BCUT2D eigenvalue weighted by Gasteiger charge is 2.23. The number of halogens is 1. The van der Waals surface area contributed by atoms with Crippen LogP contribution in [-0.4, -0.2) is 22.5 Å². The third-order valence-corrected chi connectivity index (χ3v) is 5.50. The van der Waals surface area contributed by atoms with E-state index in [0.29, 0.717) is 34.0 Å². The van der Waals surface area contributed by atoms with E-state index < -0.39 is 5.97 Å². The summed E-state index contributed by atoms with van der Waals surface area (Å²) in [5.41, 5.74) is 6.66. The Labute approximate surface area is 157 Å². The summed E-state index contributed by atoms with van der Waals surface area (Å²) in [5, 5.41) is 0.408. The van der Waals surface area contributed by atoms with Gasteiger partial charge in [-0.1, -0.05) is 12.1 Å². The van der Waals surface area contributed by atoms with Crippen LogP contribution >= 0.6 is 27.7 Å². The molecule has 0 saturated carbocycles. The van der Waals surface area contributed by atoms with E-state index in [9.17, 15) is 4.79 Å². The van der Waals surface area contributed by atoms with E-state index in [1.54, 1.807) is 25.6 Å². The van der Waals surface area contributed by atoms with Gasteiger partial charge in [0.2, 0.25) is 5.71 Å². The van der Waals surface area contributed by atoms with Crippen molar-refractivity contribution in [2.24, 2.45) is 0 Å². The Bertz CT molecular complexity index is 942. The van der Waals surface area contributed by atoms with Crippen molar-refractivity contribution in [2.75, 3.05) is 12.3 Å². The summed E-state index contributed by atoms with van der Waals surface area (Å²) in [6.45, 7) is 3.70. The molecule has 2 N–H and O–H groups in total. The molecule has 0 aliphatic rings. The molecule has 0 unspecified atom stereocenters. The van der Waals surface area contributed by atoms with Crippen molar-refractivity contribution in [2.45, 2.75) is 24.5 Å². The first kappa shape index (κ1) is 17.8. The first-order valence-corrected chi connectivity index (χ1v) is 9.39. The number of anilines is 1. The number of fused-ring (bicyclic) bond motifs is 1. The van der Waals surface area contributed by atoms with Crippen molar-refractivity contribution in [1.29, 1.82) is 0 Å². The summed E-state index contributed by atoms with van der Waals surface area (Å²) < 4.78 is 11.7. The molecule has 8 heteroatoms. The zero-order valence-corrected chi connectivity index (χ0v) is 16.1. The minimum Gasteiger partial charge on any atom is -0.462 e. The van der Waals surface area contributed by atoms with E-state index in [4.69, 9.17) is 14.9 Å². The number of nitrogens with two attached hydrogens (primary N) is 1. The van der Waals surface area contributed by atoms with Gasteiger partial charge >= 0.3 is 5.97 Å². The lowest BCUT2D eigenvalue weighted by molar-refractivity contribution is 0.0526. The molecule has 0 bridgehead atoms. The predicted molar refractivity (Wildman–Crippen MR) is 101 cm³/mol. The van der Waals surface area contributed by atoms with Gasteiger partial charge in [0.05, 0.1) is 17.7 Å². The monoisotopic (exact) mass is 421 g/mol. The number of hydrogen-bond acceptors (Lipinski definition) is 7. The molecular formula is C17H16BrN3O3S. The molecule has 6 nitrogen and oxygen atoms in total. The second-order valence-electron chi connectivity index (χ2n) is 5.18. The molecule has 0 spiro atoms. The van der Waals surface area contributed by atoms with Crippen LogP contribution in [0.2, 0.25) is 0 Å². The number of rotatable bonds is 5. The van der Waals surface area contributed by atoms with E-state index in [-0.39, 0.29) is 12.4 Å². The van der Waals surface area contributed by atoms with Gasteiger partial charge in [-0.05, 0) is 41.9 Å². The fraction of sp³-hybridized carbons (Fsp3) is 0.235. The molecular weight excluding hydrogens is 406 g/mol. The normalized spacial score (nSPS) is 11.0. The maximum Gasteiger partial charge on any atom is 0.342 e. The van der Waals surface area contributed by atoms with Crippen molar-refractivity contribution in [3.63, 3.8) is 0 Å². The maximum absolute atomic E-state index is 12.1. The fourth-order valence-corrected chi connectivity index (χ4v) is 3.82. The lowest BCUT2D eigenvalue weighted by atomic mass is 10.2. The highest BCUT2D eigenvalue weighted by Crippen LogP contribution is 2.32. The van der Waals surface area contributed by atoms with Gasteiger partial charge in [-0.25, -0.2) is 9.78 Å². The molecule has 0 aliphatic heterocycles. The van der Waals surface area contributed by atoms with Crippen molar-refractivity contribution in [1.82, 2.24) is 9.97 Å². The molecule has 0 fully saturated rings. The standard InChI is InChI=1S/C17H16BrN3O3S/c1-3-23-17(22)13-9(2)24-16-14(13)15(19)20-12(21-16)8-25-11-7-5-4-6-10(11)18/h4-7H,3,8H2,1-2H3,(H2,19,20,21). The third kappa shape index (κ3) is 3.64. The minimum absolute atomic E-state index is 0.215. The van der Waals surface area contributed by atoms with E-state index in [0.717, 1.165) is 9.37 Å². The molecule has 130 valence electrons. The Hall–Kier alpha value is -2.06. The number of hydrogen-bond donors (Lipinski definition) is 1. The minimum atomic E-state index is -0.482. The summed E-state index contributed by atoms with van der Waals surface area (Å²) in [6.07, 6.45) is 0. The third-order valence-electron chi connectivity index (χ3n) is 3.47. The Balaban J connectivity index is 1.92. The van der Waals surface area contributed by atoms with Gasteiger partial charge < -0.3 is 14.9 Å². The Morgan fingerprint density at radius 3 is 2.84 bits per heavy atom. The zero-order valence-electron chi connectivity index (χ0n) is 13.7. The highest BCUT2D eigenvalue weighted by molar-refractivity contribution is 9.10. The molecule has 2 heterocycles. The van der Waals surface area contributed by atoms with E-state index in [1.165, 1.54) is 0 Å². The second kappa shape index (κ2) is 7.45. The molecule has 0 atom stereocenters. The Morgan fingerprint density at radius 1 is 1.36 bits per heavy atom. The van der Waals surface area contributed by atoms with Gasteiger partial charge in [-0.3, -0.25) is 0 Å². The number of aryl methyl sites for hydroxylation is 1. The molecule has 1 aromatic carbocycles. The van der Waals surface area contributed by atoms with Crippen LogP contribution in [0, 0.1) is 6.92 Å². The van der Waals surface area contributed by atoms with Gasteiger partial charge in [0.15, 0.2) is 0 Å². The number of nitrogen functional groups attached to an aromatic ring is 1. The number of thioether (sulfide) groups is 1. The van der Waals surface area contributed by atoms with Crippen molar-refractivity contribution in [3.05, 3.63) is 45.9 Å². The molecule has 0 saturated heterocycles. The molecule has 25 heavy (non-hydrogen) atoms. The van der Waals surface area contributed by atoms with Crippen molar-refractivity contribution < 1.29 is 13.9 Å². The average molecular weight is 422 g/mol. The smallest absolute Gasteiger partial charge is 0.342 e. The molecule has 0 amide bonds. The summed E-state index contributed by atoms with van der Waals surface area (Å²) >= 11 is 5.09. The summed E-state index contributed by atoms with van der Waals surface area (Å²) in [4.78, 5) is 21.9. The maximum atomic E-state index is 12.1. The van der Waals surface area contributed by atoms with Gasteiger partial charge in [0, 0.05) is 9.37 Å². The van der Waals surface area contributed by atoms with Gasteiger partial charge in [0.25, 0.3) is 0 Å². The largest absolute Gasteiger partial charge is 0.462 e. The topological polar surface area (TPSA) is 91.2 Å². The number of ether oxygens (including phenoxy) is 1. The van der Waals surface area contributed by atoms with Crippen LogP contribution in [0.5, 0.6) is 0 Å². The lowest BCUT2D eigenvalue weighted by Gasteiger charge is -2.05. The fourth-order valence-electron chi connectivity index (χ4n) is 2.40. The van der Waals surface area contributed by atoms with Crippen LogP contribution in [0.4, 0.5) is 5.82 Å². The van der Waals surface area contributed by atoms with Gasteiger partial charge in [0.1, 0.15) is 23.0 Å². The first-order valence-electron chi connectivity index (χ1n) is 7.61. The first-order chi connectivity index (χ1) is 12.0. The van der Waals surface area contributed by atoms with Crippen LogP contribution in [-0.2, 0) is 10.5 Å². The summed E-state index contributed by atoms with van der Waals surface area (Å²) in [7, 11) is 0. The zero-order chi connectivity index (χ0) is 18.0. The summed E-state index contributed by atoms with van der Waals surface area (Å²) in [5.74, 6) is 1.22. The number of furan rings is 1. The SMILES string of the molecule is CCOC(=O)c1c(C)oc2nc(CSc3ccccc3Br)nc(N)c12. The van der Waals surface area contributed by atoms with Crippen LogP contribution in [0.3, 0.4) is 0 Å².